The van der Waals surface area contributed by atoms with Gasteiger partial charge in [0.25, 0.3) is 0 Å². The van der Waals surface area contributed by atoms with E-state index < -0.39 is 5.97 Å². The van der Waals surface area contributed by atoms with Crippen molar-refractivity contribution in [3.8, 4) is 0 Å². The molecule has 0 atom stereocenters. The Labute approximate surface area is 116 Å². The van der Waals surface area contributed by atoms with Gasteiger partial charge < -0.3 is 10.0 Å². The average molecular weight is 277 g/mol. The number of carboxylic acid groups (broad SMARTS) is 1. The molecule has 5 heteroatoms. The number of benzene rings is 1. The van der Waals surface area contributed by atoms with E-state index in [2.05, 4.69) is 4.98 Å². The van der Waals surface area contributed by atoms with Gasteiger partial charge in [-0.2, -0.15) is 0 Å². The standard InChI is InChI=1S/C14H13ClN2O2/c1-17(9-10-5-7-11(15)8-6-10)13-4-2-3-12(16-13)14(18)19/h2-8H,9H2,1H3,(H,18,19). The molecule has 98 valence electrons. The lowest BCUT2D eigenvalue weighted by Crippen LogP contribution is -2.18. The molecule has 0 radical (unpaired) electrons. The number of nitrogens with zero attached hydrogens (tertiary/aromatic N) is 2. The van der Waals surface area contributed by atoms with Gasteiger partial charge in [0, 0.05) is 18.6 Å². The van der Waals surface area contributed by atoms with Crippen molar-refractivity contribution < 1.29 is 9.90 Å². The number of anilines is 1. The zero-order valence-corrected chi connectivity index (χ0v) is 11.1. The van der Waals surface area contributed by atoms with E-state index in [1.807, 2.05) is 36.2 Å². The molecule has 0 bridgehead atoms. The van der Waals surface area contributed by atoms with Crippen LogP contribution in [0, 0.1) is 0 Å². The van der Waals surface area contributed by atoms with Crippen molar-refractivity contribution in [1.82, 2.24) is 4.98 Å². The highest BCUT2D eigenvalue weighted by Gasteiger charge is 2.08. The molecule has 4 nitrogen and oxygen atoms in total. The quantitative estimate of drug-likeness (QED) is 0.932. The Hall–Kier alpha value is -2.07. The molecule has 0 aliphatic rings. The van der Waals surface area contributed by atoms with E-state index >= 15 is 0 Å². The van der Waals surface area contributed by atoms with Crippen LogP contribution in [0.1, 0.15) is 16.1 Å². The van der Waals surface area contributed by atoms with Crippen molar-refractivity contribution in [1.29, 1.82) is 0 Å². The van der Waals surface area contributed by atoms with Gasteiger partial charge >= 0.3 is 5.97 Å². The molecule has 0 fully saturated rings. The fourth-order valence-corrected chi connectivity index (χ4v) is 1.83. The third-order valence-electron chi connectivity index (χ3n) is 2.68. The molecular formula is C14H13ClN2O2. The second-order valence-electron chi connectivity index (χ2n) is 4.17. The number of halogens is 1. The minimum Gasteiger partial charge on any atom is -0.477 e. The van der Waals surface area contributed by atoms with Gasteiger partial charge in [-0.1, -0.05) is 29.8 Å². The molecule has 19 heavy (non-hydrogen) atoms. The summed E-state index contributed by atoms with van der Waals surface area (Å²) < 4.78 is 0. The van der Waals surface area contributed by atoms with Gasteiger partial charge in [0.05, 0.1) is 0 Å². The number of aromatic nitrogens is 1. The highest BCUT2D eigenvalue weighted by Crippen LogP contribution is 2.15. The van der Waals surface area contributed by atoms with Crippen LogP contribution in [0.4, 0.5) is 5.82 Å². The maximum absolute atomic E-state index is 10.9. The summed E-state index contributed by atoms with van der Waals surface area (Å²) >= 11 is 5.83. The van der Waals surface area contributed by atoms with Gasteiger partial charge in [-0.05, 0) is 29.8 Å². The number of carboxylic acids is 1. The fraction of sp³-hybridized carbons (Fsp3) is 0.143. The molecule has 0 saturated carbocycles. The van der Waals surface area contributed by atoms with Crippen molar-refractivity contribution in [2.45, 2.75) is 6.54 Å². The first kappa shape index (κ1) is 13.4. The molecule has 0 aliphatic carbocycles. The molecular weight excluding hydrogens is 264 g/mol. The zero-order valence-electron chi connectivity index (χ0n) is 10.4. The summed E-state index contributed by atoms with van der Waals surface area (Å²) in [6, 6.07) is 12.5. The first-order valence-electron chi connectivity index (χ1n) is 5.72. The van der Waals surface area contributed by atoms with E-state index in [0.717, 1.165) is 5.56 Å². The number of hydrogen-bond donors (Lipinski definition) is 1. The van der Waals surface area contributed by atoms with Gasteiger partial charge in [-0.25, -0.2) is 9.78 Å². The second kappa shape index (κ2) is 5.71. The van der Waals surface area contributed by atoms with E-state index in [1.165, 1.54) is 6.07 Å². The predicted octanol–water partition coefficient (Wildman–Crippen LogP) is 3.07. The van der Waals surface area contributed by atoms with E-state index in [0.29, 0.717) is 17.4 Å². The van der Waals surface area contributed by atoms with E-state index in [4.69, 9.17) is 16.7 Å². The molecule has 1 aromatic carbocycles. The molecule has 0 amide bonds. The van der Waals surface area contributed by atoms with E-state index in [9.17, 15) is 4.79 Å². The average Bonchev–Trinajstić information content (AvgIpc) is 2.41. The maximum atomic E-state index is 10.9. The highest BCUT2D eigenvalue weighted by molar-refractivity contribution is 6.30. The van der Waals surface area contributed by atoms with Gasteiger partial charge in [-0.3, -0.25) is 0 Å². The van der Waals surface area contributed by atoms with Crippen LogP contribution in [-0.2, 0) is 6.54 Å². The Morgan fingerprint density at radius 3 is 2.58 bits per heavy atom. The van der Waals surface area contributed by atoms with Crippen LogP contribution in [0.5, 0.6) is 0 Å². The maximum Gasteiger partial charge on any atom is 0.354 e. The van der Waals surface area contributed by atoms with E-state index in [-0.39, 0.29) is 5.69 Å². The molecule has 0 aliphatic heterocycles. The Bertz CT molecular complexity index is 584. The molecule has 0 spiro atoms. The van der Waals surface area contributed by atoms with Crippen molar-refractivity contribution >= 4 is 23.4 Å². The minimum absolute atomic E-state index is 0.0421. The Morgan fingerprint density at radius 1 is 1.26 bits per heavy atom. The third-order valence-corrected chi connectivity index (χ3v) is 2.93. The van der Waals surface area contributed by atoms with Crippen LogP contribution in [-0.4, -0.2) is 23.1 Å². The molecule has 0 unspecified atom stereocenters. The van der Waals surface area contributed by atoms with E-state index in [1.54, 1.807) is 12.1 Å². The zero-order chi connectivity index (χ0) is 13.8. The first-order chi connectivity index (χ1) is 9.06. The second-order valence-corrected chi connectivity index (χ2v) is 4.61. The van der Waals surface area contributed by atoms with Crippen molar-refractivity contribution in [3.05, 3.63) is 58.7 Å². The van der Waals surface area contributed by atoms with Gasteiger partial charge in [0.15, 0.2) is 5.69 Å². The predicted molar refractivity (Wildman–Crippen MR) is 74.8 cm³/mol. The summed E-state index contributed by atoms with van der Waals surface area (Å²) in [5.74, 6) is -0.406. The number of pyridine rings is 1. The summed E-state index contributed by atoms with van der Waals surface area (Å²) in [6.07, 6.45) is 0. The van der Waals surface area contributed by atoms with Crippen LogP contribution in [0.2, 0.25) is 5.02 Å². The lowest BCUT2D eigenvalue weighted by atomic mass is 10.2. The fourth-order valence-electron chi connectivity index (χ4n) is 1.70. The Balaban J connectivity index is 2.15. The molecule has 1 aromatic heterocycles. The van der Waals surface area contributed by atoms with Crippen LogP contribution >= 0.6 is 11.6 Å². The normalized spacial score (nSPS) is 10.2. The SMILES string of the molecule is CN(Cc1ccc(Cl)cc1)c1cccc(C(=O)O)n1. The number of aromatic carboxylic acids is 1. The molecule has 1 N–H and O–H groups in total. The lowest BCUT2D eigenvalue weighted by molar-refractivity contribution is 0.0690. The number of hydrogen-bond acceptors (Lipinski definition) is 3. The third kappa shape index (κ3) is 3.45. The minimum atomic E-state index is -1.03. The Kier molecular flexibility index (Phi) is 4.02. The monoisotopic (exact) mass is 276 g/mol. The molecule has 1 heterocycles. The van der Waals surface area contributed by atoms with Crippen LogP contribution in [0.3, 0.4) is 0 Å². The van der Waals surface area contributed by atoms with Crippen LogP contribution in [0.25, 0.3) is 0 Å². The summed E-state index contributed by atoms with van der Waals surface area (Å²) in [5, 5.41) is 9.61. The van der Waals surface area contributed by atoms with Gasteiger partial charge in [0.1, 0.15) is 5.82 Å². The largest absolute Gasteiger partial charge is 0.477 e. The van der Waals surface area contributed by atoms with Crippen molar-refractivity contribution in [3.63, 3.8) is 0 Å². The first-order valence-corrected chi connectivity index (χ1v) is 6.10. The topological polar surface area (TPSA) is 53.4 Å². The Morgan fingerprint density at radius 2 is 1.95 bits per heavy atom. The lowest BCUT2D eigenvalue weighted by Gasteiger charge is -2.18. The highest BCUT2D eigenvalue weighted by atomic mass is 35.5. The number of carbonyl (C=O) groups is 1. The molecule has 0 saturated heterocycles. The molecule has 2 rings (SSSR count). The summed E-state index contributed by atoms with van der Waals surface area (Å²) in [7, 11) is 1.86. The van der Waals surface area contributed by atoms with Crippen LogP contribution in [0.15, 0.2) is 42.5 Å². The van der Waals surface area contributed by atoms with Gasteiger partial charge in [-0.15, -0.1) is 0 Å². The van der Waals surface area contributed by atoms with Crippen LogP contribution < -0.4 is 4.90 Å². The molecule has 2 aromatic rings. The van der Waals surface area contributed by atoms with Gasteiger partial charge in [0.2, 0.25) is 0 Å². The summed E-state index contributed by atoms with van der Waals surface area (Å²) in [4.78, 5) is 16.8. The summed E-state index contributed by atoms with van der Waals surface area (Å²) in [5.41, 5.74) is 1.12. The smallest absolute Gasteiger partial charge is 0.354 e. The summed E-state index contributed by atoms with van der Waals surface area (Å²) in [6.45, 7) is 0.632. The van der Waals surface area contributed by atoms with Crippen molar-refractivity contribution in [2.75, 3.05) is 11.9 Å². The number of rotatable bonds is 4. The van der Waals surface area contributed by atoms with Crippen molar-refractivity contribution in [2.24, 2.45) is 0 Å².